The first kappa shape index (κ1) is 28.4. The Labute approximate surface area is 233 Å². The number of likely N-dealkylation sites (N-methyl/N-ethyl adjacent to an activating group) is 1. The van der Waals surface area contributed by atoms with Crippen molar-refractivity contribution in [2.45, 2.75) is 33.3 Å². The average Bonchev–Trinajstić information content (AvgIpc) is 2.91. The molecule has 0 atom stereocenters. The third-order valence-corrected chi connectivity index (χ3v) is 6.12. The van der Waals surface area contributed by atoms with E-state index in [-0.39, 0.29) is 23.4 Å². The predicted molar refractivity (Wildman–Crippen MR) is 153 cm³/mol. The highest BCUT2D eigenvalue weighted by Gasteiger charge is 2.26. The van der Waals surface area contributed by atoms with E-state index in [2.05, 4.69) is 37.1 Å². The molecular formula is C28H34FN9O2. The Morgan fingerprint density at radius 1 is 1.10 bits per heavy atom. The molecule has 1 fully saturated rings. The van der Waals surface area contributed by atoms with Gasteiger partial charge < -0.3 is 30.6 Å². The smallest absolute Gasteiger partial charge is 0.410 e. The zero-order valence-electron chi connectivity index (χ0n) is 23.4. The Kier molecular flexibility index (Phi) is 8.26. The maximum Gasteiger partial charge on any atom is 0.410 e. The summed E-state index contributed by atoms with van der Waals surface area (Å²) in [5.74, 6) is 0.623. The van der Waals surface area contributed by atoms with E-state index in [0.29, 0.717) is 54.7 Å². The molecule has 40 heavy (non-hydrogen) atoms. The first-order valence-electron chi connectivity index (χ1n) is 12.9. The molecular weight excluding hydrogens is 513 g/mol. The molecule has 210 valence electrons. The highest BCUT2D eigenvalue weighted by Crippen LogP contribution is 2.27. The van der Waals surface area contributed by atoms with Crippen LogP contribution in [0.25, 0.3) is 5.57 Å². The second-order valence-electron chi connectivity index (χ2n) is 10.4. The van der Waals surface area contributed by atoms with Gasteiger partial charge in [0.2, 0.25) is 5.95 Å². The summed E-state index contributed by atoms with van der Waals surface area (Å²) in [4.78, 5) is 33.4. The van der Waals surface area contributed by atoms with Crippen LogP contribution >= 0.6 is 0 Å². The zero-order chi connectivity index (χ0) is 29.0. The summed E-state index contributed by atoms with van der Waals surface area (Å²) in [6, 6.07) is 0. The van der Waals surface area contributed by atoms with Crippen LogP contribution in [0.4, 0.5) is 26.8 Å². The normalized spacial score (nSPS) is 16.9. The standard InChI is InChI=1S/C28H34FN9O2/c1-17(2)24(31-6)19-13-18(7-8-21(19)30)25-20(29)14-34-26(36-25)35-22-15-33-23(16-32-22)37-9-11-38(12-10-37)27(39)40-28(3,4)5/h7-8,13-16,30-31H,1,9-12H2,2-6H3,(H,32,34,35,36)/b24-19-,30-21?. The van der Waals surface area contributed by atoms with Crippen molar-refractivity contribution in [1.82, 2.24) is 30.2 Å². The fourth-order valence-electron chi connectivity index (χ4n) is 4.21. The van der Waals surface area contributed by atoms with Gasteiger partial charge in [-0.15, -0.1) is 0 Å². The number of carbonyl (C=O) groups excluding carboxylic acids is 1. The summed E-state index contributed by atoms with van der Waals surface area (Å²) in [5, 5.41) is 14.3. The van der Waals surface area contributed by atoms with Gasteiger partial charge in [-0.25, -0.2) is 29.1 Å². The molecule has 1 saturated heterocycles. The van der Waals surface area contributed by atoms with Crippen molar-refractivity contribution in [1.29, 1.82) is 5.41 Å². The molecule has 2 aromatic rings. The molecule has 0 saturated carbocycles. The van der Waals surface area contributed by atoms with Crippen LogP contribution in [0, 0.1) is 11.2 Å². The van der Waals surface area contributed by atoms with E-state index >= 15 is 0 Å². The van der Waals surface area contributed by atoms with E-state index in [1.165, 1.54) is 0 Å². The molecule has 1 aliphatic carbocycles. The molecule has 1 amide bonds. The van der Waals surface area contributed by atoms with Crippen LogP contribution < -0.4 is 15.5 Å². The molecule has 3 heterocycles. The lowest BCUT2D eigenvalue weighted by Gasteiger charge is -2.36. The summed E-state index contributed by atoms with van der Waals surface area (Å²) in [5.41, 5.74) is 2.37. The van der Waals surface area contributed by atoms with Crippen LogP contribution in [0.1, 0.15) is 33.4 Å². The third kappa shape index (κ3) is 6.68. The number of hydrogen-bond acceptors (Lipinski definition) is 10. The van der Waals surface area contributed by atoms with Gasteiger partial charge in [0.25, 0.3) is 0 Å². The number of aromatic nitrogens is 4. The fourth-order valence-corrected chi connectivity index (χ4v) is 4.21. The average molecular weight is 548 g/mol. The molecule has 11 nitrogen and oxygen atoms in total. The van der Waals surface area contributed by atoms with E-state index in [1.54, 1.807) is 42.6 Å². The van der Waals surface area contributed by atoms with Gasteiger partial charge in [-0.3, -0.25) is 0 Å². The fraction of sp³-hybridized carbons (Fsp3) is 0.357. The molecule has 12 heteroatoms. The Bertz CT molecular complexity index is 1400. The van der Waals surface area contributed by atoms with Gasteiger partial charge in [-0.1, -0.05) is 12.7 Å². The lowest BCUT2D eigenvalue weighted by Crippen LogP contribution is -2.50. The maximum atomic E-state index is 14.8. The molecule has 0 unspecified atom stereocenters. The molecule has 1 aliphatic heterocycles. The summed E-state index contributed by atoms with van der Waals surface area (Å²) in [6.45, 7) is 13.6. The van der Waals surface area contributed by atoms with Crippen LogP contribution in [-0.4, -0.2) is 75.5 Å². The van der Waals surface area contributed by atoms with Gasteiger partial charge in [0.15, 0.2) is 11.6 Å². The molecule has 0 radical (unpaired) electrons. The summed E-state index contributed by atoms with van der Waals surface area (Å²) < 4.78 is 20.2. The van der Waals surface area contributed by atoms with E-state index in [4.69, 9.17) is 10.1 Å². The first-order chi connectivity index (χ1) is 18.9. The predicted octanol–water partition coefficient (Wildman–Crippen LogP) is 4.23. The summed E-state index contributed by atoms with van der Waals surface area (Å²) in [6.07, 6.45) is 8.89. The number of ether oxygens (including phenoxy) is 1. The van der Waals surface area contributed by atoms with Crippen LogP contribution in [-0.2, 0) is 4.74 Å². The van der Waals surface area contributed by atoms with E-state index in [9.17, 15) is 9.18 Å². The van der Waals surface area contributed by atoms with Crippen LogP contribution in [0.15, 0.2) is 60.2 Å². The van der Waals surface area contributed by atoms with Crippen molar-refractivity contribution >= 4 is 35.0 Å². The Hall–Kier alpha value is -4.61. The molecule has 0 bridgehead atoms. The first-order valence-corrected chi connectivity index (χ1v) is 12.9. The largest absolute Gasteiger partial charge is 0.444 e. The highest BCUT2D eigenvalue weighted by atomic mass is 19.1. The van der Waals surface area contributed by atoms with Gasteiger partial charge in [-0.2, -0.15) is 0 Å². The van der Waals surface area contributed by atoms with Gasteiger partial charge in [0, 0.05) is 50.1 Å². The third-order valence-electron chi connectivity index (χ3n) is 6.12. The molecule has 2 aromatic heterocycles. The number of rotatable bonds is 6. The summed E-state index contributed by atoms with van der Waals surface area (Å²) in [7, 11) is 1.75. The monoisotopic (exact) mass is 547 g/mol. The zero-order valence-corrected chi connectivity index (χ0v) is 23.4. The molecule has 3 N–H and O–H groups in total. The minimum absolute atomic E-state index is 0.0864. The van der Waals surface area contributed by atoms with Crippen LogP contribution in [0.3, 0.4) is 0 Å². The number of nitrogens with zero attached hydrogens (tertiary/aromatic N) is 6. The Morgan fingerprint density at radius 2 is 1.82 bits per heavy atom. The SMILES string of the molecule is C=C(C)/C(NC)=C1\C=C(c2nc(Nc3cnc(N4CCN(C(=O)OC(C)(C)C)CC4)cn3)ncc2F)C=CC1=N. The number of allylic oxidation sites excluding steroid dienone is 6. The van der Waals surface area contributed by atoms with Gasteiger partial charge in [0.05, 0.1) is 24.3 Å². The molecule has 0 aromatic carbocycles. The number of piperazine rings is 1. The van der Waals surface area contributed by atoms with E-state index in [1.807, 2.05) is 32.6 Å². The second-order valence-corrected chi connectivity index (χ2v) is 10.4. The Morgan fingerprint density at radius 3 is 2.42 bits per heavy atom. The second kappa shape index (κ2) is 11.6. The van der Waals surface area contributed by atoms with Gasteiger partial charge in [0.1, 0.15) is 17.1 Å². The van der Waals surface area contributed by atoms with Gasteiger partial charge >= 0.3 is 6.09 Å². The lowest BCUT2D eigenvalue weighted by molar-refractivity contribution is 0.0240. The highest BCUT2D eigenvalue weighted by molar-refractivity contribution is 6.13. The molecule has 0 spiro atoms. The van der Waals surface area contributed by atoms with Crippen molar-refractivity contribution in [3.8, 4) is 0 Å². The van der Waals surface area contributed by atoms with Crippen molar-refractivity contribution in [3.05, 3.63) is 71.8 Å². The van der Waals surface area contributed by atoms with E-state index < -0.39 is 11.4 Å². The molecule has 2 aliphatic rings. The van der Waals surface area contributed by atoms with Crippen molar-refractivity contribution < 1.29 is 13.9 Å². The van der Waals surface area contributed by atoms with Gasteiger partial charge in [-0.05, 0) is 45.4 Å². The van der Waals surface area contributed by atoms with E-state index in [0.717, 1.165) is 11.8 Å². The number of carbonyl (C=O) groups is 1. The summed E-state index contributed by atoms with van der Waals surface area (Å²) >= 11 is 0. The number of anilines is 3. The number of nitrogens with one attached hydrogen (secondary N) is 3. The number of amides is 1. The quantitative estimate of drug-likeness (QED) is 0.486. The van der Waals surface area contributed by atoms with Crippen LogP contribution in [0.2, 0.25) is 0 Å². The van der Waals surface area contributed by atoms with Crippen molar-refractivity contribution in [2.75, 3.05) is 43.4 Å². The molecule has 4 rings (SSSR count). The number of hydrogen-bond donors (Lipinski definition) is 3. The van der Waals surface area contributed by atoms with Crippen LogP contribution in [0.5, 0.6) is 0 Å². The van der Waals surface area contributed by atoms with Crippen molar-refractivity contribution in [2.24, 2.45) is 0 Å². The lowest BCUT2D eigenvalue weighted by atomic mass is 9.94. The topological polar surface area (TPSA) is 132 Å². The minimum Gasteiger partial charge on any atom is -0.444 e. The number of halogens is 1. The van der Waals surface area contributed by atoms with Crippen molar-refractivity contribution in [3.63, 3.8) is 0 Å². The minimum atomic E-state index is -0.595. The maximum absolute atomic E-state index is 14.8. The Balaban J connectivity index is 1.45.